The van der Waals surface area contributed by atoms with Gasteiger partial charge in [0.2, 0.25) is 5.91 Å². The largest absolute Gasteiger partial charge is 0.360 e. The highest BCUT2D eigenvalue weighted by atomic mass is 16.5. The fraction of sp³-hybridized carbons (Fsp3) is 0.500. The predicted octanol–water partition coefficient (Wildman–Crippen LogP) is 0.383. The zero-order valence-electron chi connectivity index (χ0n) is 9.45. The van der Waals surface area contributed by atoms with Gasteiger partial charge in [-0.2, -0.15) is 0 Å². The van der Waals surface area contributed by atoms with Crippen molar-refractivity contribution in [1.29, 1.82) is 0 Å². The lowest BCUT2D eigenvalue weighted by Crippen LogP contribution is -2.51. The average molecular weight is 238 g/mol. The highest BCUT2D eigenvalue weighted by molar-refractivity contribution is 5.93. The SMILES string of the molecule is Cc1cc(NC(=O)N[C@H]2CCCNC2=O)no1. The van der Waals surface area contributed by atoms with Crippen molar-refractivity contribution in [1.82, 2.24) is 15.8 Å². The van der Waals surface area contributed by atoms with E-state index >= 15 is 0 Å². The van der Waals surface area contributed by atoms with Gasteiger partial charge in [-0.1, -0.05) is 5.16 Å². The summed E-state index contributed by atoms with van der Waals surface area (Å²) in [5, 5.41) is 11.4. The van der Waals surface area contributed by atoms with E-state index in [-0.39, 0.29) is 5.91 Å². The molecular formula is C10H14N4O3. The molecule has 0 bridgehead atoms. The number of aromatic nitrogens is 1. The van der Waals surface area contributed by atoms with Crippen LogP contribution < -0.4 is 16.0 Å². The number of carbonyl (C=O) groups excluding carboxylic acids is 2. The molecule has 17 heavy (non-hydrogen) atoms. The molecule has 7 heteroatoms. The third kappa shape index (κ3) is 2.96. The van der Waals surface area contributed by atoms with Crippen LogP contribution in [0.3, 0.4) is 0 Å². The summed E-state index contributed by atoms with van der Waals surface area (Å²) in [6, 6.07) is 0.664. The summed E-state index contributed by atoms with van der Waals surface area (Å²) in [7, 11) is 0. The molecule has 1 aromatic heterocycles. The molecule has 1 saturated heterocycles. The summed E-state index contributed by atoms with van der Waals surface area (Å²) in [6.45, 7) is 2.39. The Morgan fingerprint density at radius 3 is 3.12 bits per heavy atom. The van der Waals surface area contributed by atoms with E-state index in [1.807, 2.05) is 0 Å². The highest BCUT2D eigenvalue weighted by Crippen LogP contribution is 2.07. The molecule has 1 aromatic rings. The van der Waals surface area contributed by atoms with Crippen LogP contribution in [0.2, 0.25) is 0 Å². The third-order valence-corrected chi connectivity index (χ3v) is 2.46. The van der Waals surface area contributed by atoms with E-state index in [1.54, 1.807) is 13.0 Å². The van der Waals surface area contributed by atoms with Gasteiger partial charge in [0.1, 0.15) is 11.8 Å². The molecule has 0 radical (unpaired) electrons. The monoisotopic (exact) mass is 238 g/mol. The fourth-order valence-corrected chi connectivity index (χ4v) is 1.65. The van der Waals surface area contributed by atoms with Crippen LogP contribution in [-0.2, 0) is 4.79 Å². The molecule has 3 N–H and O–H groups in total. The van der Waals surface area contributed by atoms with Gasteiger partial charge in [-0.25, -0.2) is 4.79 Å². The number of amides is 3. The molecule has 1 atom stereocenters. The van der Waals surface area contributed by atoms with E-state index in [9.17, 15) is 9.59 Å². The zero-order valence-corrected chi connectivity index (χ0v) is 9.45. The molecule has 1 fully saturated rings. The number of rotatable bonds is 2. The number of nitrogens with zero attached hydrogens (tertiary/aromatic N) is 1. The lowest BCUT2D eigenvalue weighted by molar-refractivity contribution is -0.124. The second-order valence-electron chi connectivity index (χ2n) is 3.91. The first kappa shape index (κ1) is 11.4. The van der Waals surface area contributed by atoms with Gasteiger partial charge in [0.15, 0.2) is 5.82 Å². The standard InChI is InChI=1S/C10H14N4O3/c1-6-5-8(14-17-6)13-10(16)12-7-3-2-4-11-9(7)15/h5,7H,2-4H2,1H3,(H,11,15)(H2,12,13,14,16)/t7-/m0/s1. The molecule has 2 heterocycles. The van der Waals surface area contributed by atoms with Crippen LogP contribution in [0.4, 0.5) is 10.6 Å². The molecule has 0 saturated carbocycles. The molecule has 7 nitrogen and oxygen atoms in total. The number of urea groups is 1. The van der Waals surface area contributed by atoms with E-state index in [2.05, 4.69) is 21.1 Å². The van der Waals surface area contributed by atoms with Gasteiger partial charge >= 0.3 is 6.03 Å². The van der Waals surface area contributed by atoms with E-state index < -0.39 is 12.1 Å². The van der Waals surface area contributed by atoms with Crippen LogP contribution in [0.15, 0.2) is 10.6 Å². The molecule has 1 aliphatic rings. The Morgan fingerprint density at radius 2 is 2.47 bits per heavy atom. The van der Waals surface area contributed by atoms with Crippen LogP contribution in [0, 0.1) is 6.92 Å². The molecule has 0 unspecified atom stereocenters. The minimum atomic E-state index is -0.475. The van der Waals surface area contributed by atoms with Gasteiger partial charge in [-0.3, -0.25) is 10.1 Å². The van der Waals surface area contributed by atoms with Crippen LogP contribution in [0.25, 0.3) is 0 Å². The summed E-state index contributed by atoms with van der Waals surface area (Å²) < 4.78 is 4.80. The Morgan fingerprint density at radius 1 is 1.65 bits per heavy atom. The summed E-state index contributed by atoms with van der Waals surface area (Å²) >= 11 is 0. The average Bonchev–Trinajstić information content (AvgIpc) is 2.67. The van der Waals surface area contributed by atoms with Gasteiger partial charge in [-0.05, 0) is 19.8 Å². The first-order chi connectivity index (χ1) is 8.15. The second-order valence-corrected chi connectivity index (χ2v) is 3.91. The van der Waals surface area contributed by atoms with Crippen molar-refractivity contribution in [3.63, 3.8) is 0 Å². The van der Waals surface area contributed by atoms with Gasteiger partial charge in [0.05, 0.1) is 0 Å². The van der Waals surface area contributed by atoms with E-state index in [4.69, 9.17) is 4.52 Å². The van der Waals surface area contributed by atoms with E-state index in [0.717, 1.165) is 6.42 Å². The lowest BCUT2D eigenvalue weighted by atomic mass is 10.1. The minimum absolute atomic E-state index is 0.150. The second kappa shape index (κ2) is 4.86. The molecule has 2 rings (SSSR count). The number of carbonyl (C=O) groups is 2. The fourth-order valence-electron chi connectivity index (χ4n) is 1.65. The lowest BCUT2D eigenvalue weighted by Gasteiger charge is -2.22. The van der Waals surface area contributed by atoms with Crippen molar-refractivity contribution in [3.8, 4) is 0 Å². The molecule has 1 aliphatic heterocycles. The zero-order chi connectivity index (χ0) is 12.3. The van der Waals surface area contributed by atoms with Gasteiger partial charge < -0.3 is 15.2 Å². The Kier molecular flexibility index (Phi) is 3.27. The van der Waals surface area contributed by atoms with E-state index in [1.165, 1.54) is 0 Å². The Labute approximate surface area is 97.9 Å². The Balaban J connectivity index is 1.86. The predicted molar refractivity (Wildman–Crippen MR) is 59.4 cm³/mol. The van der Waals surface area contributed by atoms with Crippen molar-refractivity contribution >= 4 is 17.8 Å². The van der Waals surface area contributed by atoms with Crippen molar-refractivity contribution in [2.24, 2.45) is 0 Å². The van der Waals surface area contributed by atoms with Crippen molar-refractivity contribution in [2.75, 3.05) is 11.9 Å². The number of aryl methyl sites for hydroxylation is 1. The van der Waals surface area contributed by atoms with Crippen molar-refractivity contribution in [2.45, 2.75) is 25.8 Å². The Hall–Kier alpha value is -2.05. The molecule has 0 aliphatic carbocycles. The summed E-state index contributed by atoms with van der Waals surface area (Å²) in [5.74, 6) is 0.787. The molecule has 3 amide bonds. The maximum absolute atomic E-state index is 11.6. The topological polar surface area (TPSA) is 96.3 Å². The van der Waals surface area contributed by atoms with Crippen molar-refractivity contribution < 1.29 is 14.1 Å². The van der Waals surface area contributed by atoms with E-state index in [0.29, 0.717) is 24.5 Å². The first-order valence-electron chi connectivity index (χ1n) is 5.44. The highest BCUT2D eigenvalue weighted by Gasteiger charge is 2.23. The number of hydrogen-bond donors (Lipinski definition) is 3. The molecule has 92 valence electrons. The summed E-state index contributed by atoms with van der Waals surface area (Å²) in [6.07, 6.45) is 1.51. The van der Waals surface area contributed by atoms with Gasteiger partial charge in [-0.15, -0.1) is 0 Å². The maximum atomic E-state index is 11.6. The maximum Gasteiger partial charge on any atom is 0.321 e. The van der Waals surface area contributed by atoms with Crippen LogP contribution in [0.5, 0.6) is 0 Å². The number of hydrogen-bond acceptors (Lipinski definition) is 4. The third-order valence-electron chi connectivity index (χ3n) is 2.46. The molecular weight excluding hydrogens is 224 g/mol. The van der Waals surface area contributed by atoms with Crippen molar-refractivity contribution in [3.05, 3.63) is 11.8 Å². The van der Waals surface area contributed by atoms with Crippen LogP contribution in [0.1, 0.15) is 18.6 Å². The van der Waals surface area contributed by atoms with Crippen LogP contribution >= 0.6 is 0 Å². The Bertz CT molecular complexity index is 429. The quantitative estimate of drug-likeness (QED) is 0.694. The molecule has 0 aromatic carbocycles. The van der Waals surface area contributed by atoms with Gasteiger partial charge in [0, 0.05) is 12.6 Å². The van der Waals surface area contributed by atoms with Gasteiger partial charge in [0.25, 0.3) is 0 Å². The first-order valence-corrected chi connectivity index (χ1v) is 5.44. The molecule has 0 spiro atoms. The summed E-state index contributed by atoms with van der Waals surface area (Å²) in [4.78, 5) is 23.0. The normalized spacial score (nSPS) is 19.6. The number of piperidine rings is 1. The summed E-state index contributed by atoms with van der Waals surface area (Å²) in [5.41, 5.74) is 0. The number of nitrogens with one attached hydrogen (secondary N) is 3. The van der Waals surface area contributed by atoms with Crippen LogP contribution in [-0.4, -0.2) is 29.7 Å². The smallest absolute Gasteiger partial charge is 0.321 e. The number of anilines is 1. The minimum Gasteiger partial charge on any atom is -0.360 e.